The first-order valence-electron chi connectivity index (χ1n) is 5.75. The predicted molar refractivity (Wildman–Crippen MR) is 78.3 cm³/mol. The molecule has 0 aliphatic carbocycles. The molecular formula is C12H11N3O3S2. The van der Waals surface area contributed by atoms with Gasteiger partial charge in [-0.3, -0.25) is 4.79 Å². The fourth-order valence-electron chi connectivity index (χ4n) is 1.75. The number of hydrogen-bond donors (Lipinski definition) is 2. The van der Waals surface area contributed by atoms with E-state index in [2.05, 4.69) is 9.97 Å². The summed E-state index contributed by atoms with van der Waals surface area (Å²) in [5, 5.41) is 17.9. The summed E-state index contributed by atoms with van der Waals surface area (Å²) in [5.41, 5.74) is 0.141. The fraction of sp³-hybridized carbons (Fsp3) is 0.333. The summed E-state index contributed by atoms with van der Waals surface area (Å²) < 4.78 is 0. The van der Waals surface area contributed by atoms with E-state index in [-0.39, 0.29) is 10.4 Å². The molecule has 2 aromatic rings. The number of thiophene rings is 1. The van der Waals surface area contributed by atoms with Gasteiger partial charge in [0, 0.05) is 12.2 Å². The van der Waals surface area contributed by atoms with Gasteiger partial charge in [0.1, 0.15) is 15.5 Å². The molecule has 2 rings (SSSR count). The molecule has 0 unspecified atom stereocenters. The molecule has 0 saturated carbocycles. The van der Waals surface area contributed by atoms with Gasteiger partial charge in [0.15, 0.2) is 0 Å². The number of H-pyrrole nitrogens is 1. The van der Waals surface area contributed by atoms with Gasteiger partial charge in [-0.15, -0.1) is 11.3 Å². The molecule has 6 nitrogen and oxygen atoms in total. The van der Waals surface area contributed by atoms with E-state index in [4.69, 9.17) is 10.4 Å². The number of nitriles is 1. The number of carbonyl (C=O) groups is 1. The van der Waals surface area contributed by atoms with Crippen LogP contribution in [0.5, 0.6) is 0 Å². The minimum Gasteiger partial charge on any atom is -0.477 e. The molecular weight excluding hydrogens is 298 g/mol. The van der Waals surface area contributed by atoms with E-state index >= 15 is 0 Å². The highest BCUT2D eigenvalue weighted by Gasteiger charge is 2.18. The zero-order valence-corrected chi connectivity index (χ0v) is 12.2. The number of nitrogens with one attached hydrogen (secondary N) is 1. The average molecular weight is 309 g/mol. The maximum Gasteiger partial charge on any atom is 0.346 e. The third-order valence-electron chi connectivity index (χ3n) is 2.64. The van der Waals surface area contributed by atoms with E-state index < -0.39 is 5.97 Å². The number of carboxylic acids is 1. The smallest absolute Gasteiger partial charge is 0.346 e. The van der Waals surface area contributed by atoms with Crippen molar-refractivity contribution in [3.8, 4) is 6.07 Å². The normalized spacial score (nSPS) is 10.6. The summed E-state index contributed by atoms with van der Waals surface area (Å²) in [6.45, 7) is 1.61. The molecule has 0 aliphatic rings. The lowest BCUT2D eigenvalue weighted by Gasteiger charge is -1.99. The van der Waals surface area contributed by atoms with E-state index in [1.54, 1.807) is 6.92 Å². The van der Waals surface area contributed by atoms with Gasteiger partial charge in [0.25, 0.3) is 5.56 Å². The molecule has 0 aromatic carbocycles. The zero-order valence-electron chi connectivity index (χ0n) is 10.6. The Kier molecular flexibility index (Phi) is 4.42. The third-order valence-corrected chi connectivity index (χ3v) is 4.78. The monoisotopic (exact) mass is 309 g/mol. The van der Waals surface area contributed by atoms with Crippen LogP contribution in [0.2, 0.25) is 0 Å². The lowest BCUT2D eigenvalue weighted by molar-refractivity contribution is 0.0701. The highest BCUT2D eigenvalue weighted by molar-refractivity contribution is 7.98. The number of rotatable bonds is 5. The Bertz CT molecular complexity index is 758. The standard InChI is InChI=1S/C12H11N3O3S2/c1-6-8-10(16)14-7(5-19-4-2-3-13)15-11(8)20-9(6)12(17)18/h2,4-5H2,1H3,(H,17,18)(H,14,15,16). The van der Waals surface area contributed by atoms with Crippen LogP contribution in [0.15, 0.2) is 4.79 Å². The minimum atomic E-state index is -1.05. The molecule has 2 aromatic heterocycles. The van der Waals surface area contributed by atoms with Crippen LogP contribution in [0.4, 0.5) is 0 Å². The molecule has 2 heterocycles. The number of aromatic carboxylic acids is 1. The molecule has 0 spiro atoms. The van der Waals surface area contributed by atoms with Gasteiger partial charge in [-0.1, -0.05) is 0 Å². The van der Waals surface area contributed by atoms with E-state index in [1.807, 2.05) is 6.07 Å². The van der Waals surface area contributed by atoms with Crippen molar-refractivity contribution >= 4 is 39.3 Å². The molecule has 0 radical (unpaired) electrons. The summed E-state index contributed by atoms with van der Waals surface area (Å²) in [5.74, 6) is 0.618. The number of aromatic nitrogens is 2. The molecule has 0 bridgehead atoms. The van der Waals surface area contributed by atoms with Crippen LogP contribution < -0.4 is 5.56 Å². The summed E-state index contributed by atoms with van der Waals surface area (Å²) in [7, 11) is 0. The van der Waals surface area contributed by atoms with Crippen LogP contribution in [0.3, 0.4) is 0 Å². The lowest BCUT2D eigenvalue weighted by Crippen LogP contribution is -2.11. The van der Waals surface area contributed by atoms with E-state index in [9.17, 15) is 9.59 Å². The molecule has 2 N–H and O–H groups in total. The molecule has 0 fully saturated rings. The first-order chi connectivity index (χ1) is 9.54. The van der Waals surface area contributed by atoms with Gasteiger partial charge in [0.2, 0.25) is 0 Å². The highest BCUT2D eigenvalue weighted by atomic mass is 32.2. The fourth-order valence-corrected chi connectivity index (χ4v) is 3.50. The molecule has 0 amide bonds. The maximum absolute atomic E-state index is 12.0. The Morgan fingerprint density at radius 3 is 3.00 bits per heavy atom. The first kappa shape index (κ1) is 14.6. The number of aromatic amines is 1. The summed E-state index contributed by atoms with van der Waals surface area (Å²) in [6, 6.07) is 2.04. The highest BCUT2D eigenvalue weighted by Crippen LogP contribution is 2.27. The molecule has 0 atom stereocenters. The van der Waals surface area contributed by atoms with Crippen molar-refractivity contribution in [2.75, 3.05) is 5.75 Å². The summed E-state index contributed by atoms with van der Waals surface area (Å²) in [6.07, 6.45) is 0.443. The number of hydrogen-bond acceptors (Lipinski definition) is 6. The molecule has 20 heavy (non-hydrogen) atoms. The topological polar surface area (TPSA) is 107 Å². The largest absolute Gasteiger partial charge is 0.477 e. The number of thioether (sulfide) groups is 1. The van der Waals surface area contributed by atoms with Crippen molar-refractivity contribution in [3.05, 3.63) is 26.6 Å². The minimum absolute atomic E-state index is 0.146. The van der Waals surface area contributed by atoms with E-state index in [0.29, 0.717) is 39.5 Å². The average Bonchev–Trinajstić information content (AvgIpc) is 2.73. The van der Waals surface area contributed by atoms with Crippen molar-refractivity contribution in [1.29, 1.82) is 5.26 Å². The van der Waals surface area contributed by atoms with Gasteiger partial charge in [-0.05, 0) is 12.5 Å². The SMILES string of the molecule is Cc1c(C(=O)O)sc2nc(CSCCC#N)[nH]c(=O)c12. The van der Waals surface area contributed by atoms with Gasteiger partial charge in [0.05, 0.1) is 17.2 Å². The molecule has 0 aliphatic heterocycles. The third kappa shape index (κ3) is 2.84. The number of aryl methyl sites for hydroxylation is 1. The van der Waals surface area contributed by atoms with Crippen LogP contribution in [0.25, 0.3) is 10.2 Å². The zero-order chi connectivity index (χ0) is 14.7. The second-order valence-electron chi connectivity index (χ2n) is 4.01. The van der Waals surface area contributed by atoms with Crippen molar-refractivity contribution in [1.82, 2.24) is 9.97 Å². The maximum atomic E-state index is 12.0. The van der Waals surface area contributed by atoms with Gasteiger partial charge >= 0.3 is 5.97 Å². The van der Waals surface area contributed by atoms with Gasteiger partial charge in [-0.25, -0.2) is 9.78 Å². The summed E-state index contributed by atoms with van der Waals surface area (Å²) in [4.78, 5) is 30.6. The van der Waals surface area contributed by atoms with Crippen LogP contribution in [0, 0.1) is 18.3 Å². The van der Waals surface area contributed by atoms with Gasteiger partial charge in [-0.2, -0.15) is 17.0 Å². The number of carboxylic acid groups (broad SMARTS) is 1. The Morgan fingerprint density at radius 1 is 1.60 bits per heavy atom. The van der Waals surface area contributed by atoms with Crippen molar-refractivity contribution < 1.29 is 9.90 Å². The Labute approximate surface area is 122 Å². The quantitative estimate of drug-likeness (QED) is 0.819. The second kappa shape index (κ2) is 6.07. The second-order valence-corrected chi connectivity index (χ2v) is 6.12. The van der Waals surface area contributed by atoms with Crippen LogP contribution >= 0.6 is 23.1 Å². The Morgan fingerprint density at radius 2 is 2.35 bits per heavy atom. The molecule has 104 valence electrons. The van der Waals surface area contributed by atoms with Crippen LogP contribution in [-0.2, 0) is 5.75 Å². The van der Waals surface area contributed by atoms with Crippen molar-refractivity contribution in [2.24, 2.45) is 0 Å². The molecule has 0 saturated heterocycles. The first-order valence-corrected chi connectivity index (χ1v) is 7.72. The number of nitrogens with zero attached hydrogens (tertiary/aromatic N) is 2. The van der Waals surface area contributed by atoms with Gasteiger partial charge < -0.3 is 10.1 Å². The van der Waals surface area contributed by atoms with Crippen molar-refractivity contribution in [2.45, 2.75) is 19.1 Å². The van der Waals surface area contributed by atoms with Crippen LogP contribution in [0.1, 0.15) is 27.5 Å². The number of fused-ring (bicyclic) bond motifs is 1. The Balaban J connectivity index is 2.35. The lowest BCUT2D eigenvalue weighted by atomic mass is 10.2. The van der Waals surface area contributed by atoms with Crippen LogP contribution in [-0.4, -0.2) is 26.8 Å². The Hall–Kier alpha value is -1.85. The molecule has 8 heteroatoms. The summed E-state index contributed by atoms with van der Waals surface area (Å²) >= 11 is 2.51. The van der Waals surface area contributed by atoms with Crippen molar-refractivity contribution in [3.63, 3.8) is 0 Å². The predicted octanol–water partition coefficient (Wildman–Crippen LogP) is 2.14. The van der Waals surface area contributed by atoms with E-state index in [1.165, 1.54) is 11.8 Å². The van der Waals surface area contributed by atoms with E-state index in [0.717, 1.165) is 11.3 Å².